The fraction of sp³-hybridized carbons (Fsp3) is 0.158. The zero-order valence-corrected chi connectivity index (χ0v) is 16.1. The third-order valence-corrected chi connectivity index (χ3v) is 4.47. The van der Waals surface area contributed by atoms with Crippen LogP contribution >= 0.6 is 27.5 Å². The maximum atomic E-state index is 12.0. The van der Waals surface area contributed by atoms with Gasteiger partial charge in [0.15, 0.2) is 6.61 Å². The molecule has 0 atom stereocenters. The predicted octanol–water partition coefficient (Wildman–Crippen LogP) is 4.64. The molecule has 0 aliphatic carbocycles. The van der Waals surface area contributed by atoms with Crippen LogP contribution in [0.5, 0.6) is 5.75 Å². The highest BCUT2D eigenvalue weighted by Gasteiger charge is 2.11. The first-order valence-corrected chi connectivity index (χ1v) is 8.86. The number of fused-ring (bicyclic) bond motifs is 1. The van der Waals surface area contributed by atoms with Gasteiger partial charge in [-0.1, -0.05) is 23.7 Å². The van der Waals surface area contributed by atoms with Crippen LogP contribution in [0.2, 0.25) is 5.02 Å². The highest BCUT2D eigenvalue weighted by Crippen LogP contribution is 2.28. The Morgan fingerprint density at radius 1 is 1.19 bits per heavy atom. The third kappa shape index (κ3) is 4.45. The van der Waals surface area contributed by atoms with Crippen LogP contribution in [0.1, 0.15) is 11.1 Å². The van der Waals surface area contributed by atoms with Crippen LogP contribution in [0.3, 0.4) is 0 Å². The molecule has 5 nitrogen and oxygen atoms in total. The minimum atomic E-state index is -0.555. The minimum absolute atomic E-state index is 0.0465. The van der Waals surface area contributed by atoms with Gasteiger partial charge in [0, 0.05) is 22.0 Å². The van der Waals surface area contributed by atoms with E-state index in [4.69, 9.17) is 25.5 Å². The van der Waals surface area contributed by atoms with Gasteiger partial charge < -0.3 is 13.9 Å². The number of esters is 1. The van der Waals surface area contributed by atoms with E-state index in [1.807, 2.05) is 19.1 Å². The van der Waals surface area contributed by atoms with Crippen molar-refractivity contribution in [2.45, 2.75) is 13.5 Å². The van der Waals surface area contributed by atoms with Gasteiger partial charge in [-0.2, -0.15) is 0 Å². The summed E-state index contributed by atoms with van der Waals surface area (Å²) in [4.78, 5) is 23.6. The van der Waals surface area contributed by atoms with Gasteiger partial charge >= 0.3 is 11.6 Å². The second kappa shape index (κ2) is 7.93. The molecule has 1 heterocycles. The molecule has 0 amide bonds. The lowest BCUT2D eigenvalue weighted by Gasteiger charge is -2.10. The Kier molecular flexibility index (Phi) is 5.64. The predicted molar refractivity (Wildman–Crippen MR) is 102 cm³/mol. The first kappa shape index (κ1) is 18.5. The molecule has 1 aromatic heterocycles. The number of benzene rings is 2. The lowest BCUT2D eigenvalue weighted by atomic mass is 10.1. The summed E-state index contributed by atoms with van der Waals surface area (Å²) in [6.45, 7) is 1.59. The van der Waals surface area contributed by atoms with Gasteiger partial charge in [-0.05, 0) is 52.7 Å². The first-order valence-electron chi connectivity index (χ1n) is 7.69. The van der Waals surface area contributed by atoms with Crippen LogP contribution in [-0.2, 0) is 16.1 Å². The Bertz CT molecular complexity index is 1030. The van der Waals surface area contributed by atoms with E-state index in [-0.39, 0.29) is 13.2 Å². The Hall–Kier alpha value is -2.31. The average molecular weight is 438 g/mol. The van der Waals surface area contributed by atoms with Gasteiger partial charge in [0.1, 0.15) is 17.9 Å². The first-order chi connectivity index (χ1) is 12.4. The number of carbonyl (C=O) groups excluding carboxylic acids is 1. The number of halogens is 2. The highest BCUT2D eigenvalue weighted by atomic mass is 79.9. The van der Waals surface area contributed by atoms with E-state index in [2.05, 4.69) is 15.9 Å². The quantitative estimate of drug-likeness (QED) is 0.430. The summed E-state index contributed by atoms with van der Waals surface area (Å²) in [5.74, 6) is -0.0759. The summed E-state index contributed by atoms with van der Waals surface area (Å²) in [6.07, 6.45) is 0. The molecule has 0 saturated heterocycles. The number of hydrogen-bond acceptors (Lipinski definition) is 5. The number of carbonyl (C=O) groups is 1. The molecule has 0 radical (unpaired) electrons. The molecule has 0 aliphatic heterocycles. The van der Waals surface area contributed by atoms with Crippen molar-refractivity contribution in [2.24, 2.45) is 0 Å². The number of hydrogen-bond donors (Lipinski definition) is 0. The van der Waals surface area contributed by atoms with Crippen LogP contribution in [0.25, 0.3) is 11.0 Å². The standard InChI is InChI=1S/C19H14BrClO5/c1-11-2-4-14-12(7-18(22)26-17(14)6-11)9-25-19(23)10-24-16-5-3-13(21)8-15(16)20/h2-8H,9-10H2,1H3. The van der Waals surface area contributed by atoms with E-state index >= 15 is 0 Å². The Morgan fingerprint density at radius 2 is 2.00 bits per heavy atom. The SMILES string of the molecule is Cc1ccc2c(COC(=O)COc3ccc(Cl)cc3Br)cc(=O)oc2c1. The lowest BCUT2D eigenvalue weighted by Crippen LogP contribution is -2.15. The van der Waals surface area contributed by atoms with Crippen LogP contribution < -0.4 is 10.4 Å². The van der Waals surface area contributed by atoms with Gasteiger partial charge in [-0.15, -0.1) is 0 Å². The molecule has 0 fully saturated rings. The van der Waals surface area contributed by atoms with Crippen molar-refractivity contribution >= 4 is 44.5 Å². The normalized spacial score (nSPS) is 10.7. The van der Waals surface area contributed by atoms with Crippen LogP contribution in [0.4, 0.5) is 0 Å². The monoisotopic (exact) mass is 436 g/mol. The number of rotatable bonds is 5. The maximum absolute atomic E-state index is 12.0. The van der Waals surface area contributed by atoms with E-state index in [1.54, 1.807) is 24.3 Å². The van der Waals surface area contributed by atoms with Crippen molar-refractivity contribution in [2.75, 3.05) is 6.61 Å². The third-order valence-electron chi connectivity index (χ3n) is 3.61. The summed E-state index contributed by atoms with van der Waals surface area (Å²) in [5.41, 5.74) is 1.52. The molecule has 3 rings (SSSR count). The van der Waals surface area contributed by atoms with Gasteiger partial charge in [-0.25, -0.2) is 9.59 Å². The molecule has 26 heavy (non-hydrogen) atoms. The van der Waals surface area contributed by atoms with E-state index in [1.165, 1.54) is 6.07 Å². The number of aryl methyl sites for hydroxylation is 1. The molecule has 0 unspecified atom stereocenters. The van der Waals surface area contributed by atoms with Crippen LogP contribution in [0, 0.1) is 6.92 Å². The molecule has 0 spiro atoms. The summed E-state index contributed by atoms with van der Waals surface area (Å²) in [5, 5.41) is 1.28. The van der Waals surface area contributed by atoms with Crippen LogP contribution in [-0.4, -0.2) is 12.6 Å². The van der Waals surface area contributed by atoms with Crippen molar-refractivity contribution in [3.63, 3.8) is 0 Å². The Balaban J connectivity index is 1.66. The smallest absolute Gasteiger partial charge is 0.344 e. The van der Waals surface area contributed by atoms with Gasteiger partial charge in [0.2, 0.25) is 0 Å². The zero-order chi connectivity index (χ0) is 18.7. The maximum Gasteiger partial charge on any atom is 0.344 e. The largest absolute Gasteiger partial charge is 0.481 e. The van der Waals surface area contributed by atoms with Crippen molar-refractivity contribution < 1.29 is 18.7 Å². The second-order valence-corrected chi connectivity index (χ2v) is 6.91. The topological polar surface area (TPSA) is 65.7 Å². The molecule has 0 saturated carbocycles. The van der Waals surface area contributed by atoms with Crippen molar-refractivity contribution in [3.05, 3.63) is 73.5 Å². The summed E-state index contributed by atoms with van der Waals surface area (Å²) in [6, 6.07) is 11.8. The molecule has 2 aromatic carbocycles. The van der Waals surface area contributed by atoms with Crippen molar-refractivity contribution in [3.8, 4) is 5.75 Å². The van der Waals surface area contributed by atoms with Gasteiger partial charge in [0.25, 0.3) is 0 Å². The molecular formula is C19H14BrClO5. The fourth-order valence-electron chi connectivity index (χ4n) is 2.39. The number of ether oxygens (including phenoxy) is 2. The van der Waals surface area contributed by atoms with E-state index in [9.17, 15) is 9.59 Å². The van der Waals surface area contributed by atoms with Crippen molar-refractivity contribution in [1.82, 2.24) is 0 Å². The van der Waals surface area contributed by atoms with Crippen LogP contribution in [0.15, 0.2) is 56.1 Å². The summed E-state index contributed by atoms with van der Waals surface area (Å²) in [7, 11) is 0. The van der Waals surface area contributed by atoms with E-state index in [0.717, 1.165) is 10.9 Å². The molecular weight excluding hydrogens is 424 g/mol. The fourth-order valence-corrected chi connectivity index (χ4v) is 3.18. The molecule has 134 valence electrons. The average Bonchev–Trinajstić information content (AvgIpc) is 2.58. The minimum Gasteiger partial charge on any atom is -0.481 e. The molecule has 0 N–H and O–H groups in total. The van der Waals surface area contributed by atoms with Gasteiger partial charge in [0.05, 0.1) is 4.47 Å². The molecule has 0 bridgehead atoms. The summed E-state index contributed by atoms with van der Waals surface area (Å²) >= 11 is 9.16. The Labute approximate surface area is 162 Å². The summed E-state index contributed by atoms with van der Waals surface area (Å²) < 4.78 is 16.4. The molecule has 3 aromatic rings. The van der Waals surface area contributed by atoms with Gasteiger partial charge in [-0.3, -0.25) is 0 Å². The lowest BCUT2D eigenvalue weighted by molar-refractivity contribution is -0.147. The van der Waals surface area contributed by atoms with E-state index < -0.39 is 11.6 Å². The van der Waals surface area contributed by atoms with E-state index in [0.29, 0.717) is 26.4 Å². The highest BCUT2D eigenvalue weighted by molar-refractivity contribution is 9.10. The molecule has 7 heteroatoms. The van der Waals surface area contributed by atoms with Crippen molar-refractivity contribution in [1.29, 1.82) is 0 Å². The molecule has 0 aliphatic rings. The Morgan fingerprint density at radius 3 is 2.77 bits per heavy atom. The zero-order valence-electron chi connectivity index (χ0n) is 13.8. The second-order valence-electron chi connectivity index (χ2n) is 5.61.